The highest BCUT2D eigenvalue weighted by Crippen LogP contribution is 2.25. The molecule has 0 aliphatic carbocycles. The van der Waals surface area contributed by atoms with Gasteiger partial charge in [0.25, 0.3) is 5.69 Å². The maximum atomic E-state index is 10.7. The minimum Gasteiger partial charge on any atom is -0.457 e. The summed E-state index contributed by atoms with van der Waals surface area (Å²) in [6, 6.07) is 13.7. The third-order valence-corrected chi connectivity index (χ3v) is 2.54. The lowest BCUT2D eigenvalue weighted by molar-refractivity contribution is -0.384. The van der Waals surface area contributed by atoms with Gasteiger partial charge in [0.15, 0.2) is 0 Å². The zero-order chi connectivity index (χ0) is 13.7. The van der Waals surface area contributed by atoms with Gasteiger partial charge in [-0.15, -0.1) is 0 Å². The number of nitrogens with zero attached hydrogens (tertiary/aromatic N) is 1. The Hall–Kier alpha value is -2.40. The molecule has 0 heterocycles. The topological polar surface area (TPSA) is 64.4 Å². The number of nitro groups is 1. The van der Waals surface area contributed by atoms with E-state index in [1.165, 1.54) is 12.1 Å². The van der Waals surface area contributed by atoms with Crippen LogP contribution in [0.4, 0.5) is 5.69 Å². The van der Waals surface area contributed by atoms with E-state index in [1.54, 1.807) is 12.1 Å². The van der Waals surface area contributed by atoms with Crippen molar-refractivity contribution in [3.63, 3.8) is 0 Å². The average molecular weight is 258 g/mol. The molecule has 0 unspecified atom stereocenters. The summed E-state index contributed by atoms with van der Waals surface area (Å²) >= 11 is 0. The molecule has 5 nitrogen and oxygen atoms in total. The molecule has 0 bridgehead atoms. The van der Waals surface area contributed by atoms with Crippen LogP contribution in [0.5, 0.6) is 11.5 Å². The van der Waals surface area contributed by atoms with Crippen molar-refractivity contribution in [2.45, 2.75) is 6.54 Å². The molecule has 0 radical (unpaired) electrons. The van der Waals surface area contributed by atoms with Crippen LogP contribution >= 0.6 is 0 Å². The summed E-state index contributed by atoms with van der Waals surface area (Å²) in [5, 5.41) is 13.7. The van der Waals surface area contributed by atoms with Gasteiger partial charge in [0.1, 0.15) is 11.5 Å². The van der Waals surface area contributed by atoms with Gasteiger partial charge in [0.05, 0.1) is 11.0 Å². The van der Waals surface area contributed by atoms with Crippen LogP contribution in [0, 0.1) is 10.1 Å². The second-order valence-corrected chi connectivity index (χ2v) is 4.03. The average Bonchev–Trinajstić information content (AvgIpc) is 2.40. The molecule has 0 spiro atoms. The summed E-state index contributed by atoms with van der Waals surface area (Å²) in [5.74, 6) is 1.11. The van der Waals surface area contributed by atoms with Gasteiger partial charge < -0.3 is 10.1 Å². The molecule has 2 rings (SSSR count). The Morgan fingerprint density at radius 1 is 1.16 bits per heavy atom. The van der Waals surface area contributed by atoms with Crippen molar-refractivity contribution in [3.8, 4) is 11.5 Å². The normalized spacial score (nSPS) is 10.2. The van der Waals surface area contributed by atoms with Crippen LogP contribution in [0.25, 0.3) is 0 Å². The zero-order valence-electron chi connectivity index (χ0n) is 10.5. The molecule has 5 heteroatoms. The minimum atomic E-state index is -0.440. The van der Waals surface area contributed by atoms with E-state index in [9.17, 15) is 10.1 Å². The van der Waals surface area contributed by atoms with Crippen molar-refractivity contribution in [3.05, 3.63) is 64.2 Å². The quantitative estimate of drug-likeness (QED) is 0.661. The summed E-state index contributed by atoms with van der Waals surface area (Å²) in [6.07, 6.45) is 0. The molecule has 0 fully saturated rings. The molecule has 0 saturated heterocycles. The predicted molar refractivity (Wildman–Crippen MR) is 72.4 cm³/mol. The molecular weight excluding hydrogens is 244 g/mol. The standard InChI is InChI=1S/C14H14N2O3/c1-15-10-11-4-2-6-13(8-11)19-14-7-3-5-12(9-14)16(17)18/h2-9,15H,10H2,1H3. The van der Waals surface area contributed by atoms with Crippen LogP contribution in [0.1, 0.15) is 5.56 Å². The molecule has 0 saturated carbocycles. The van der Waals surface area contributed by atoms with Crippen molar-refractivity contribution in [1.29, 1.82) is 0 Å². The zero-order valence-corrected chi connectivity index (χ0v) is 10.5. The van der Waals surface area contributed by atoms with E-state index in [1.807, 2.05) is 31.3 Å². The van der Waals surface area contributed by atoms with Gasteiger partial charge in [0, 0.05) is 12.6 Å². The molecule has 0 aliphatic rings. The van der Waals surface area contributed by atoms with Gasteiger partial charge in [-0.2, -0.15) is 0 Å². The fourth-order valence-corrected chi connectivity index (χ4v) is 1.72. The maximum absolute atomic E-state index is 10.7. The lowest BCUT2D eigenvalue weighted by Crippen LogP contribution is -2.04. The number of hydrogen-bond acceptors (Lipinski definition) is 4. The molecule has 98 valence electrons. The molecule has 19 heavy (non-hydrogen) atoms. The van der Waals surface area contributed by atoms with E-state index in [0.29, 0.717) is 11.5 Å². The minimum absolute atomic E-state index is 0.0175. The predicted octanol–water partition coefficient (Wildman–Crippen LogP) is 3.11. The lowest BCUT2D eigenvalue weighted by atomic mass is 10.2. The van der Waals surface area contributed by atoms with Gasteiger partial charge in [0.2, 0.25) is 0 Å². The highest BCUT2D eigenvalue weighted by Gasteiger charge is 2.07. The van der Waals surface area contributed by atoms with Gasteiger partial charge in [-0.3, -0.25) is 10.1 Å². The fourth-order valence-electron chi connectivity index (χ4n) is 1.72. The Morgan fingerprint density at radius 2 is 1.84 bits per heavy atom. The Bertz CT molecular complexity index is 584. The number of ether oxygens (including phenoxy) is 1. The largest absolute Gasteiger partial charge is 0.457 e. The Labute approximate surface area is 111 Å². The molecule has 1 N–H and O–H groups in total. The number of hydrogen-bond donors (Lipinski definition) is 1. The Balaban J connectivity index is 2.18. The number of benzene rings is 2. The van der Waals surface area contributed by atoms with Gasteiger partial charge in [-0.25, -0.2) is 0 Å². The van der Waals surface area contributed by atoms with Crippen molar-refractivity contribution >= 4 is 5.69 Å². The first-order chi connectivity index (χ1) is 9.19. The third-order valence-electron chi connectivity index (χ3n) is 2.54. The van der Waals surface area contributed by atoms with Gasteiger partial charge in [-0.1, -0.05) is 18.2 Å². The van der Waals surface area contributed by atoms with Gasteiger partial charge in [-0.05, 0) is 30.8 Å². The van der Waals surface area contributed by atoms with Crippen molar-refractivity contribution in [2.75, 3.05) is 7.05 Å². The Kier molecular flexibility index (Phi) is 4.10. The molecule has 2 aromatic carbocycles. The van der Waals surface area contributed by atoms with E-state index < -0.39 is 4.92 Å². The summed E-state index contributed by atoms with van der Waals surface area (Å²) < 4.78 is 5.62. The highest BCUT2D eigenvalue weighted by atomic mass is 16.6. The van der Waals surface area contributed by atoms with Crippen molar-refractivity contribution in [1.82, 2.24) is 5.32 Å². The molecule has 0 amide bonds. The number of rotatable bonds is 5. The van der Waals surface area contributed by atoms with Crippen molar-refractivity contribution < 1.29 is 9.66 Å². The van der Waals surface area contributed by atoms with E-state index >= 15 is 0 Å². The van der Waals surface area contributed by atoms with E-state index in [2.05, 4.69) is 5.32 Å². The first kappa shape index (κ1) is 13.0. The highest BCUT2D eigenvalue weighted by molar-refractivity contribution is 5.41. The third kappa shape index (κ3) is 3.53. The van der Waals surface area contributed by atoms with Crippen LogP contribution in [0.2, 0.25) is 0 Å². The monoisotopic (exact) mass is 258 g/mol. The number of nitro benzene ring substituents is 1. The van der Waals surface area contributed by atoms with Crippen LogP contribution in [-0.4, -0.2) is 12.0 Å². The summed E-state index contributed by atoms with van der Waals surface area (Å²) in [6.45, 7) is 0.742. The summed E-state index contributed by atoms with van der Waals surface area (Å²) in [4.78, 5) is 10.2. The first-order valence-corrected chi connectivity index (χ1v) is 5.85. The molecular formula is C14H14N2O3. The Morgan fingerprint density at radius 3 is 2.53 bits per heavy atom. The van der Waals surface area contributed by atoms with Crippen molar-refractivity contribution in [2.24, 2.45) is 0 Å². The van der Waals surface area contributed by atoms with E-state index in [0.717, 1.165) is 12.1 Å². The SMILES string of the molecule is CNCc1cccc(Oc2cccc([N+](=O)[O-])c2)c1. The van der Waals surface area contributed by atoms with Crippen LogP contribution in [0.15, 0.2) is 48.5 Å². The molecule has 0 aliphatic heterocycles. The van der Waals surface area contributed by atoms with E-state index in [-0.39, 0.29) is 5.69 Å². The van der Waals surface area contributed by atoms with Crippen LogP contribution in [-0.2, 0) is 6.54 Å². The fraction of sp³-hybridized carbons (Fsp3) is 0.143. The molecule has 2 aromatic rings. The molecule has 0 atom stereocenters. The number of nitrogens with one attached hydrogen (secondary N) is 1. The van der Waals surface area contributed by atoms with Crippen LogP contribution < -0.4 is 10.1 Å². The second kappa shape index (κ2) is 5.97. The smallest absolute Gasteiger partial charge is 0.273 e. The summed E-state index contributed by atoms with van der Waals surface area (Å²) in [7, 11) is 1.87. The first-order valence-electron chi connectivity index (χ1n) is 5.85. The molecule has 0 aromatic heterocycles. The van der Waals surface area contributed by atoms with E-state index in [4.69, 9.17) is 4.74 Å². The number of non-ortho nitro benzene ring substituents is 1. The van der Waals surface area contributed by atoms with Gasteiger partial charge >= 0.3 is 0 Å². The second-order valence-electron chi connectivity index (χ2n) is 4.03. The van der Waals surface area contributed by atoms with Crippen LogP contribution in [0.3, 0.4) is 0 Å². The lowest BCUT2D eigenvalue weighted by Gasteiger charge is -2.07. The summed E-state index contributed by atoms with van der Waals surface area (Å²) in [5.41, 5.74) is 1.11. The maximum Gasteiger partial charge on any atom is 0.273 e.